The van der Waals surface area contributed by atoms with Crippen LogP contribution in [0.2, 0.25) is 0 Å². The summed E-state index contributed by atoms with van der Waals surface area (Å²) in [6.45, 7) is 0.492. The molecule has 0 saturated heterocycles. The van der Waals surface area contributed by atoms with Gasteiger partial charge in [0.15, 0.2) is 0 Å². The third-order valence-corrected chi connectivity index (χ3v) is 4.84. The summed E-state index contributed by atoms with van der Waals surface area (Å²) in [5.41, 5.74) is 0.421. The number of fused-ring (bicyclic) bond motifs is 1. The number of aliphatic hydroxyl groups excluding tert-OH is 1. The fourth-order valence-corrected chi connectivity index (χ4v) is 3.34. The SMILES string of the molecule is CN(CC1CCCCC1O)C(=O)Cn1cnc2ccccc2c1=O. The Morgan fingerprint density at radius 1 is 1.33 bits per heavy atom. The van der Waals surface area contributed by atoms with Crippen LogP contribution in [-0.2, 0) is 11.3 Å². The average Bonchev–Trinajstić information content (AvgIpc) is 2.59. The number of amides is 1. The number of nitrogens with zero attached hydrogens (tertiary/aromatic N) is 3. The van der Waals surface area contributed by atoms with Gasteiger partial charge in [-0.15, -0.1) is 0 Å². The van der Waals surface area contributed by atoms with Crippen LogP contribution in [-0.4, -0.2) is 45.2 Å². The molecule has 2 aromatic rings. The summed E-state index contributed by atoms with van der Waals surface area (Å²) in [7, 11) is 1.73. The third kappa shape index (κ3) is 3.48. The average molecular weight is 329 g/mol. The predicted octanol–water partition coefficient (Wildman–Crippen LogP) is 1.41. The molecule has 24 heavy (non-hydrogen) atoms. The zero-order valence-electron chi connectivity index (χ0n) is 13.9. The molecule has 128 valence electrons. The first-order valence-corrected chi connectivity index (χ1v) is 8.42. The summed E-state index contributed by atoms with van der Waals surface area (Å²) in [6.07, 6.45) is 4.98. The van der Waals surface area contributed by atoms with E-state index >= 15 is 0 Å². The van der Waals surface area contributed by atoms with Gasteiger partial charge in [-0.25, -0.2) is 4.98 Å². The van der Waals surface area contributed by atoms with Crippen molar-refractivity contribution < 1.29 is 9.90 Å². The number of likely N-dealkylation sites (N-methyl/N-ethyl adjacent to an activating group) is 1. The molecule has 2 unspecified atom stereocenters. The highest BCUT2D eigenvalue weighted by atomic mass is 16.3. The molecular weight excluding hydrogens is 306 g/mol. The van der Waals surface area contributed by atoms with Crippen LogP contribution >= 0.6 is 0 Å². The van der Waals surface area contributed by atoms with Gasteiger partial charge in [0.05, 0.1) is 23.3 Å². The van der Waals surface area contributed by atoms with E-state index in [1.54, 1.807) is 30.1 Å². The van der Waals surface area contributed by atoms with Crippen molar-refractivity contribution >= 4 is 16.8 Å². The minimum Gasteiger partial charge on any atom is -0.393 e. The number of hydrogen-bond acceptors (Lipinski definition) is 4. The van der Waals surface area contributed by atoms with Crippen molar-refractivity contribution in [3.8, 4) is 0 Å². The van der Waals surface area contributed by atoms with Crippen molar-refractivity contribution in [2.75, 3.05) is 13.6 Å². The second-order valence-corrected chi connectivity index (χ2v) is 6.58. The molecule has 6 nitrogen and oxygen atoms in total. The van der Waals surface area contributed by atoms with Gasteiger partial charge in [-0.2, -0.15) is 0 Å². The van der Waals surface area contributed by atoms with Crippen LogP contribution in [0.5, 0.6) is 0 Å². The standard InChI is InChI=1S/C18H23N3O3/c1-20(10-13-6-2-5-9-16(13)22)17(23)11-21-12-19-15-8-4-3-7-14(15)18(21)24/h3-4,7-8,12-13,16,22H,2,5-6,9-11H2,1H3. The maximum absolute atomic E-state index is 12.4. The lowest BCUT2D eigenvalue weighted by molar-refractivity contribution is -0.131. The molecule has 1 saturated carbocycles. The molecule has 1 amide bonds. The molecule has 0 bridgehead atoms. The van der Waals surface area contributed by atoms with Crippen LogP contribution in [0.15, 0.2) is 35.4 Å². The second-order valence-electron chi connectivity index (χ2n) is 6.58. The highest BCUT2D eigenvalue weighted by Crippen LogP contribution is 2.24. The van der Waals surface area contributed by atoms with Gasteiger partial charge >= 0.3 is 0 Å². The van der Waals surface area contributed by atoms with Crippen molar-refractivity contribution in [2.24, 2.45) is 5.92 Å². The largest absolute Gasteiger partial charge is 0.393 e. The van der Waals surface area contributed by atoms with E-state index in [0.29, 0.717) is 17.4 Å². The van der Waals surface area contributed by atoms with Crippen molar-refractivity contribution in [1.29, 1.82) is 0 Å². The molecule has 0 radical (unpaired) electrons. The monoisotopic (exact) mass is 329 g/mol. The maximum Gasteiger partial charge on any atom is 0.261 e. The molecule has 0 spiro atoms. The van der Waals surface area contributed by atoms with Crippen LogP contribution in [0.4, 0.5) is 0 Å². The van der Waals surface area contributed by atoms with Gasteiger partial charge in [0, 0.05) is 19.5 Å². The first-order chi connectivity index (χ1) is 11.6. The lowest BCUT2D eigenvalue weighted by Crippen LogP contribution is -2.40. The predicted molar refractivity (Wildman–Crippen MR) is 91.6 cm³/mol. The number of carbonyl (C=O) groups is 1. The Morgan fingerprint density at radius 3 is 2.88 bits per heavy atom. The second kappa shape index (κ2) is 7.13. The zero-order valence-corrected chi connectivity index (χ0v) is 13.9. The van der Waals surface area contributed by atoms with E-state index in [4.69, 9.17) is 0 Å². The lowest BCUT2D eigenvalue weighted by Gasteiger charge is -2.31. The smallest absolute Gasteiger partial charge is 0.261 e. The van der Waals surface area contributed by atoms with E-state index in [0.717, 1.165) is 25.7 Å². The van der Waals surface area contributed by atoms with Gasteiger partial charge in [0.1, 0.15) is 6.54 Å². The van der Waals surface area contributed by atoms with Gasteiger partial charge in [0.2, 0.25) is 5.91 Å². The molecular formula is C18H23N3O3. The summed E-state index contributed by atoms with van der Waals surface area (Å²) in [4.78, 5) is 30.7. The Morgan fingerprint density at radius 2 is 2.08 bits per heavy atom. The van der Waals surface area contributed by atoms with Crippen LogP contribution in [0.1, 0.15) is 25.7 Å². The topological polar surface area (TPSA) is 75.4 Å². The molecule has 1 aliphatic rings. The molecule has 1 aromatic carbocycles. The van der Waals surface area contributed by atoms with E-state index in [9.17, 15) is 14.7 Å². The number of rotatable bonds is 4. The van der Waals surface area contributed by atoms with Gasteiger partial charge in [-0.3, -0.25) is 14.2 Å². The molecule has 2 atom stereocenters. The number of aromatic nitrogens is 2. The van der Waals surface area contributed by atoms with E-state index < -0.39 is 0 Å². The Hall–Kier alpha value is -2.21. The molecule has 1 heterocycles. The first kappa shape index (κ1) is 16.6. The molecule has 1 aromatic heterocycles. The maximum atomic E-state index is 12.4. The van der Waals surface area contributed by atoms with Crippen LogP contribution in [0.25, 0.3) is 10.9 Å². The summed E-state index contributed by atoms with van der Waals surface area (Å²) < 4.78 is 1.35. The van der Waals surface area contributed by atoms with Gasteiger partial charge in [-0.1, -0.05) is 25.0 Å². The summed E-state index contributed by atoms with van der Waals surface area (Å²) in [5, 5.41) is 10.6. The van der Waals surface area contributed by atoms with Gasteiger partial charge < -0.3 is 10.0 Å². The van der Waals surface area contributed by atoms with E-state index in [-0.39, 0.29) is 30.0 Å². The fourth-order valence-electron chi connectivity index (χ4n) is 3.34. The van der Waals surface area contributed by atoms with Crippen molar-refractivity contribution in [3.63, 3.8) is 0 Å². The molecule has 3 rings (SSSR count). The van der Waals surface area contributed by atoms with E-state index in [1.165, 1.54) is 10.9 Å². The minimum absolute atomic E-state index is 0.0318. The first-order valence-electron chi connectivity index (χ1n) is 8.42. The van der Waals surface area contributed by atoms with Crippen LogP contribution < -0.4 is 5.56 Å². The van der Waals surface area contributed by atoms with E-state index in [2.05, 4.69) is 4.98 Å². The number of benzene rings is 1. The molecule has 1 N–H and O–H groups in total. The summed E-state index contributed by atoms with van der Waals surface area (Å²) >= 11 is 0. The summed E-state index contributed by atoms with van der Waals surface area (Å²) in [5.74, 6) is -0.0221. The Kier molecular flexibility index (Phi) is 4.94. The normalized spacial score (nSPS) is 20.9. The van der Waals surface area contributed by atoms with Crippen LogP contribution in [0.3, 0.4) is 0 Å². The highest BCUT2D eigenvalue weighted by Gasteiger charge is 2.25. The Labute approximate surface area is 140 Å². The fraction of sp³-hybridized carbons (Fsp3) is 0.500. The molecule has 6 heteroatoms. The van der Waals surface area contributed by atoms with Gasteiger partial charge in [-0.05, 0) is 25.0 Å². The van der Waals surface area contributed by atoms with Gasteiger partial charge in [0.25, 0.3) is 5.56 Å². The van der Waals surface area contributed by atoms with Crippen molar-refractivity contribution in [3.05, 3.63) is 40.9 Å². The molecule has 0 aliphatic heterocycles. The molecule has 1 fully saturated rings. The minimum atomic E-state index is -0.334. The quantitative estimate of drug-likeness (QED) is 0.920. The summed E-state index contributed by atoms with van der Waals surface area (Å²) in [6, 6.07) is 7.11. The Balaban J connectivity index is 1.70. The van der Waals surface area contributed by atoms with Crippen molar-refractivity contribution in [1.82, 2.24) is 14.5 Å². The van der Waals surface area contributed by atoms with E-state index in [1.807, 2.05) is 6.07 Å². The lowest BCUT2D eigenvalue weighted by atomic mass is 9.86. The number of aliphatic hydroxyl groups is 1. The number of carbonyl (C=O) groups excluding carboxylic acids is 1. The van der Waals surface area contributed by atoms with Crippen molar-refractivity contribution in [2.45, 2.75) is 38.3 Å². The zero-order chi connectivity index (χ0) is 17.1. The molecule has 1 aliphatic carbocycles. The van der Waals surface area contributed by atoms with Crippen LogP contribution in [0, 0.1) is 5.92 Å². The third-order valence-electron chi connectivity index (χ3n) is 4.84. The Bertz CT molecular complexity index is 786. The highest BCUT2D eigenvalue weighted by molar-refractivity contribution is 5.78. The number of hydrogen-bond donors (Lipinski definition) is 1. The number of para-hydroxylation sites is 1.